The lowest BCUT2D eigenvalue weighted by Crippen LogP contribution is -2.37. The molecule has 16 heavy (non-hydrogen) atoms. The number of hydrogen-bond acceptors (Lipinski definition) is 2. The Morgan fingerprint density at radius 3 is 2.81 bits per heavy atom. The second-order valence-corrected chi connectivity index (χ2v) is 6.02. The SMILES string of the molecule is C1CNC(CCN2CCC3CCCCC32)C1. The molecule has 2 heterocycles. The Morgan fingerprint density at radius 1 is 1.00 bits per heavy atom. The third-order valence-electron chi connectivity index (χ3n) is 5.05. The third kappa shape index (κ3) is 2.28. The summed E-state index contributed by atoms with van der Waals surface area (Å²) in [5.41, 5.74) is 0. The van der Waals surface area contributed by atoms with Crippen molar-refractivity contribution < 1.29 is 0 Å². The Bertz CT molecular complexity index is 223. The largest absolute Gasteiger partial charge is 0.314 e. The van der Waals surface area contributed by atoms with Gasteiger partial charge in [0.1, 0.15) is 0 Å². The third-order valence-corrected chi connectivity index (χ3v) is 5.05. The first kappa shape index (κ1) is 11.0. The van der Waals surface area contributed by atoms with E-state index in [4.69, 9.17) is 0 Å². The number of nitrogens with zero attached hydrogens (tertiary/aromatic N) is 1. The molecule has 0 aromatic heterocycles. The van der Waals surface area contributed by atoms with Crippen LogP contribution in [0, 0.1) is 5.92 Å². The van der Waals surface area contributed by atoms with Crippen LogP contribution in [-0.4, -0.2) is 36.6 Å². The van der Waals surface area contributed by atoms with Crippen molar-refractivity contribution in [1.82, 2.24) is 10.2 Å². The van der Waals surface area contributed by atoms with Gasteiger partial charge in [-0.2, -0.15) is 0 Å². The molecule has 0 aromatic carbocycles. The van der Waals surface area contributed by atoms with Gasteiger partial charge in [-0.1, -0.05) is 12.8 Å². The lowest BCUT2D eigenvalue weighted by molar-refractivity contribution is 0.176. The Morgan fingerprint density at radius 2 is 1.94 bits per heavy atom. The van der Waals surface area contributed by atoms with Gasteiger partial charge in [-0.05, 0) is 64.1 Å². The lowest BCUT2D eigenvalue weighted by atomic mass is 9.85. The van der Waals surface area contributed by atoms with E-state index in [1.165, 1.54) is 71.0 Å². The summed E-state index contributed by atoms with van der Waals surface area (Å²) in [6, 6.07) is 1.80. The van der Waals surface area contributed by atoms with Crippen LogP contribution >= 0.6 is 0 Å². The molecule has 3 atom stereocenters. The van der Waals surface area contributed by atoms with Crippen LogP contribution in [0.1, 0.15) is 51.4 Å². The van der Waals surface area contributed by atoms with Gasteiger partial charge >= 0.3 is 0 Å². The number of fused-ring (bicyclic) bond motifs is 1. The molecule has 3 aliphatic rings. The zero-order valence-corrected chi connectivity index (χ0v) is 10.5. The Balaban J connectivity index is 1.47. The molecular formula is C14H26N2. The standard InChI is InChI=1S/C14H26N2/c1-2-6-14-12(4-1)7-10-16(14)11-8-13-5-3-9-15-13/h12-15H,1-11H2. The first-order chi connectivity index (χ1) is 7.93. The molecule has 1 aliphatic carbocycles. The summed E-state index contributed by atoms with van der Waals surface area (Å²) in [7, 11) is 0. The van der Waals surface area contributed by atoms with E-state index in [1.54, 1.807) is 0 Å². The molecule has 3 fully saturated rings. The topological polar surface area (TPSA) is 15.3 Å². The highest BCUT2D eigenvalue weighted by atomic mass is 15.2. The van der Waals surface area contributed by atoms with Crippen LogP contribution < -0.4 is 5.32 Å². The summed E-state index contributed by atoms with van der Waals surface area (Å²) in [5, 5.41) is 3.63. The quantitative estimate of drug-likeness (QED) is 0.789. The minimum Gasteiger partial charge on any atom is -0.314 e. The summed E-state index contributed by atoms with van der Waals surface area (Å²) in [6.45, 7) is 4.01. The fourth-order valence-electron chi connectivity index (χ4n) is 4.11. The van der Waals surface area contributed by atoms with Crippen LogP contribution in [0.15, 0.2) is 0 Å². The number of rotatable bonds is 3. The molecule has 3 rings (SSSR count). The summed E-state index contributed by atoms with van der Waals surface area (Å²) < 4.78 is 0. The monoisotopic (exact) mass is 222 g/mol. The maximum atomic E-state index is 3.63. The number of likely N-dealkylation sites (tertiary alicyclic amines) is 1. The minimum atomic E-state index is 0.836. The fraction of sp³-hybridized carbons (Fsp3) is 1.00. The summed E-state index contributed by atoms with van der Waals surface area (Å²) in [4.78, 5) is 2.81. The van der Waals surface area contributed by atoms with Gasteiger partial charge in [0, 0.05) is 12.1 Å². The lowest BCUT2D eigenvalue weighted by Gasteiger charge is -2.32. The van der Waals surface area contributed by atoms with Crippen molar-refractivity contribution in [3.8, 4) is 0 Å². The highest BCUT2D eigenvalue weighted by molar-refractivity contribution is 4.90. The normalized spacial score (nSPS) is 40.1. The Hall–Kier alpha value is -0.0800. The van der Waals surface area contributed by atoms with E-state index in [-0.39, 0.29) is 0 Å². The van der Waals surface area contributed by atoms with E-state index in [0.29, 0.717) is 0 Å². The van der Waals surface area contributed by atoms with E-state index in [9.17, 15) is 0 Å². The Labute approximate surface area is 99.8 Å². The average molecular weight is 222 g/mol. The highest BCUT2D eigenvalue weighted by Gasteiger charge is 2.35. The molecule has 3 unspecified atom stereocenters. The van der Waals surface area contributed by atoms with Crippen LogP contribution in [0.3, 0.4) is 0 Å². The molecule has 1 saturated carbocycles. The minimum absolute atomic E-state index is 0.836. The zero-order valence-electron chi connectivity index (χ0n) is 10.5. The average Bonchev–Trinajstić information content (AvgIpc) is 2.96. The molecule has 1 N–H and O–H groups in total. The van der Waals surface area contributed by atoms with E-state index < -0.39 is 0 Å². The van der Waals surface area contributed by atoms with Gasteiger partial charge in [0.05, 0.1) is 0 Å². The second kappa shape index (κ2) is 5.05. The van der Waals surface area contributed by atoms with E-state index in [1.807, 2.05) is 0 Å². The van der Waals surface area contributed by atoms with Gasteiger partial charge < -0.3 is 10.2 Å². The van der Waals surface area contributed by atoms with Crippen LogP contribution in [0.25, 0.3) is 0 Å². The smallest absolute Gasteiger partial charge is 0.0124 e. The van der Waals surface area contributed by atoms with Crippen molar-refractivity contribution in [2.45, 2.75) is 63.5 Å². The molecule has 2 aliphatic heterocycles. The highest BCUT2D eigenvalue weighted by Crippen LogP contribution is 2.36. The first-order valence-corrected chi connectivity index (χ1v) is 7.41. The number of nitrogens with one attached hydrogen (secondary N) is 1. The van der Waals surface area contributed by atoms with Crippen LogP contribution in [0.4, 0.5) is 0 Å². The van der Waals surface area contributed by atoms with Crippen LogP contribution in [0.2, 0.25) is 0 Å². The van der Waals surface area contributed by atoms with Gasteiger partial charge in [0.15, 0.2) is 0 Å². The molecule has 92 valence electrons. The van der Waals surface area contributed by atoms with Gasteiger partial charge in [0.2, 0.25) is 0 Å². The van der Waals surface area contributed by atoms with E-state index in [0.717, 1.165) is 18.0 Å². The van der Waals surface area contributed by atoms with Crippen molar-refractivity contribution >= 4 is 0 Å². The predicted octanol–water partition coefficient (Wildman–Crippen LogP) is 2.39. The Kier molecular flexibility index (Phi) is 3.49. The molecule has 0 aromatic rings. The summed E-state index contributed by atoms with van der Waals surface area (Å²) in [5.74, 6) is 1.06. The number of hydrogen-bond donors (Lipinski definition) is 1. The maximum Gasteiger partial charge on any atom is 0.0124 e. The van der Waals surface area contributed by atoms with Crippen molar-refractivity contribution in [2.24, 2.45) is 5.92 Å². The molecule has 0 spiro atoms. The van der Waals surface area contributed by atoms with Crippen LogP contribution in [-0.2, 0) is 0 Å². The molecule has 2 saturated heterocycles. The van der Waals surface area contributed by atoms with Gasteiger partial charge in [-0.3, -0.25) is 0 Å². The van der Waals surface area contributed by atoms with Crippen LogP contribution in [0.5, 0.6) is 0 Å². The van der Waals surface area contributed by atoms with E-state index >= 15 is 0 Å². The predicted molar refractivity (Wildman–Crippen MR) is 67.6 cm³/mol. The van der Waals surface area contributed by atoms with Crippen molar-refractivity contribution in [2.75, 3.05) is 19.6 Å². The fourth-order valence-corrected chi connectivity index (χ4v) is 4.11. The van der Waals surface area contributed by atoms with Crippen molar-refractivity contribution in [1.29, 1.82) is 0 Å². The van der Waals surface area contributed by atoms with Gasteiger partial charge in [0.25, 0.3) is 0 Å². The molecule has 0 radical (unpaired) electrons. The molecule has 0 bridgehead atoms. The molecule has 2 heteroatoms. The molecule has 2 nitrogen and oxygen atoms in total. The van der Waals surface area contributed by atoms with Gasteiger partial charge in [-0.25, -0.2) is 0 Å². The second-order valence-electron chi connectivity index (χ2n) is 6.02. The molecule has 0 amide bonds. The summed E-state index contributed by atoms with van der Waals surface area (Å²) in [6.07, 6.45) is 11.7. The molecular weight excluding hydrogens is 196 g/mol. The van der Waals surface area contributed by atoms with Crippen molar-refractivity contribution in [3.63, 3.8) is 0 Å². The van der Waals surface area contributed by atoms with Crippen molar-refractivity contribution in [3.05, 3.63) is 0 Å². The zero-order chi connectivity index (χ0) is 10.8. The summed E-state index contributed by atoms with van der Waals surface area (Å²) >= 11 is 0. The van der Waals surface area contributed by atoms with E-state index in [2.05, 4.69) is 10.2 Å². The van der Waals surface area contributed by atoms with Gasteiger partial charge in [-0.15, -0.1) is 0 Å². The first-order valence-electron chi connectivity index (χ1n) is 7.41. The maximum absolute atomic E-state index is 3.63.